The summed E-state index contributed by atoms with van der Waals surface area (Å²) in [4.78, 5) is 29.2. The molecule has 3 aromatic heterocycles. The van der Waals surface area contributed by atoms with E-state index in [0.717, 1.165) is 16.8 Å². The third-order valence-corrected chi connectivity index (χ3v) is 4.63. The Morgan fingerprint density at radius 2 is 1.86 bits per heavy atom. The molecule has 5 nitrogen and oxygen atoms in total. The summed E-state index contributed by atoms with van der Waals surface area (Å²) in [6.07, 6.45) is 5.69. The number of aryl methyl sites for hydroxylation is 1. The van der Waals surface area contributed by atoms with Crippen molar-refractivity contribution in [1.29, 1.82) is 0 Å². The van der Waals surface area contributed by atoms with Gasteiger partial charge in [-0.15, -0.1) is 0 Å². The molecule has 1 amide bonds. The summed E-state index contributed by atoms with van der Waals surface area (Å²) in [5.74, 6) is -1.24. The van der Waals surface area contributed by atoms with Gasteiger partial charge < -0.3 is 9.72 Å². The van der Waals surface area contributed by atoms with Crippen LogP contribution in [-0.2, 0) is 11.2 Å². The molecule has 28 heavy (non-hydrogen) atoms. The highest BCUT2D eigenvalue weighted by atomic mass is 16.2. The van der Waals surface area contributed by atoms with Gasteiger partial charge in [0.25, 0.3) is 11.7 Å². The van der Waals surface area contributed by atoms with Crippen molar-refractivity contribution in [3.05, 3.63) is 102 Å². The topological polar surface area (TPSA) is 63.5 Å². The predicted octanol–water partition coefficient (Wildman–Crippen LogP) is 4.05. The fourth-order valence-electron chi connectivity index (χ4n) is 3.20. The third kappa shape index (κ3) is 3.55. The Morgan fingerprint density at radius 1 is 1.04 bits per heavy atom. The summed E-state index contributed by atoms with van der Waals surface area (Å²) < 4.78 is 1.96. The first-order valence-corrected chi connectivity index (χ1v) is 9.02. The number of nitrogens with one attached hydrogen (secondary N) is 1. The van der Waals surface area contributed by atoms with Crippen molar-refractivity contribution < 1.29 is 9.59 Å². The van der Waals surface area contributed by atoms with Gasteiger partial charge in [0.2, 0.25) is 0 Å². The molecule has 0 saturated carbocycles. The number of hydrogen-bond acceptors (Lipinski definition) is 3. The molecule has 0 radical (unpaired) electrons. The number of ketones is 1. The molecule has 0 aliphatic carbocycles. The normalized spacial score (nSPS) is 10.8. The first-order chi connectivity index (χ1) is 13.6. The van der Waals surface area contributed by atoms with Crippen LogP contribution in [-0.4, -0.2) is 21.1 Å². The number of hydrogen-bond donors (Lipinski definition) is 1. The molecular weight excluding hydrogens is 350 g/mol. The predicted molar refractivity (Wildman–Crippen MR) is 109 cm³/mol. The summed E-state index contributed by atoms with van der Waals surface area (Å²) in [5, 5.41) is 2.61. The number of rotatable bonds is 5. The van der Waals surface area contributed by atoms with Crippen LogP contribution in [0, 0.1) is 6.92 Å². The first-order valence-electron chi connectivity index (χ1n) is 9.02. The molecule has 138 valence electrons. The summed E-state index contributed by atoms with van der Waals surface area (Å²) in [5.41, 5.74) is 4.90. The molecule has 0 saturated heterocycles. The van der Waals surface area contributed by atoms with Crippen LogP contribution in [0.25, 0.3) is 5.52 Å². The van der Waals surface area contributed by atoms with E-state index in [9.17, 15) is 9.59 Å². The fraction of sp³-hybridized carbons (Fsp3) is 0.0870. The quantitative estimate of drug-likeness (QED) is 0.426. The number of benzene rings is 1. The second kappa shape index (κ2) is 7.48. The lowest BCUT2D eigenvalue weighted by Gasteiger charge is -2.04. The molecule has 0 aliphatic rings. The molecule has 4 aromatic rings. The molecule has 0 aliphatic heterocycles. The van der Waals surface area contributed by atoms with E-state index in [4.69, 9.17) is 0 Å². The van der Waals surface area contributed by atoms with Crippen LogP contribution in [0.5, 0.6) is 0 Å². The smallest absolute Gasteiger partial charge is 0.296 e. The van der Waals surface area contributed by atoms with Gasteiger partial charge in [0.15, 0.2) is 0 Å². The summed E-state index contributed by atoms with van der Waals surface area (Å²) in [6, 6.07) is 19.1. The maximum atomic E-state index is 12.8. The maximum Gasteiger partial charge on any atom is 0.296 e. The Labute approximate surface area is 162 Å². The Kier molecular flexibility index (Phi) is 4.72. The summed E-state index contributed by atoms with van der Waals surface area (Å²) >= 11 is 0. The van der Waals surface area contributed by atoms with E-state index in [1.54, 1.807) is 24.4 Å². The Balaban J connectivity index is 1.66. The van der Waals surface area contributed by atoms with Gasteiger partial charge in [-0.1, -0.05) is 35.9 Å². The minimum Gasteiger partial charge on any atom is -0.320 e. The molecule has 0 atom stereocenters. The monoisotopic (exact) mass is 369 g/mol. The number of nitrogens with zero attached hydrogens (tertiary/aromatic N) is 2. The van der Waals surface area contributed by atoms with Crippen LogP contribution in [0.4, 0.5) is 5.69 Å². The third-order valence-electron chi connectivity index (χ3n) is 4.63. The first kappa shape index (κ1) is 17.7. The van der Waals surface area contributed by atoms with Gasteiger partial charge in [0, 0.05) is 24.5 Å². The van der Waals surface area contributed by atoms with E-state index in [0.29, 0.717) is 17.7 Å². The molecule has 1 N–H and O–H groups in total. The van der Waals surface area contributed by atoms with Gasteiger partial charge in [-0.25, -0.2) is 0 Å². The van der Waals surface area contributed by atoms with Gasteiger partial charge in [0.05, 0.1) is 23.0 Å². The van der Waals surface area contributed by atoms with E-state index in [-0.39, 0.29) is 0 Å². The fourth-order valence-corrected chi connectivity index (χ4v) is 3.20. The molecule has 4 rings (SSSR count). The average molecular weight is 369 g/mol. The van der Waals surface area contributed by atoms with Crippen molar-refractivity contribution in [2.45, 2.75) is 13.3 Å². The van der Waals surface area contributed by atoms with Crippen molar-refractivity contribution in [1.82, 2.24) is 9.38 Å². The highest BCUT2D eigenvalue weighted by Gasteiger charge is 2.22. The van der Waals surface area contributed by atoms with Crippen LogP contribution in [0.15, 0.2) is 79.3 Å². The van der Waals surface area contributed by atoms with Crippen molar-refractivity contribution in [2.75, 3.05) is 5.32 Å². The summed E-state index contributed by atoms with van der Waals surface area (Å²) in [6.45, 7) is 2.05. The molecule has 0 unspecified atom stereocenters. The van der Waals surface area contributed by atoms with E-state index < -0.39 is 11.7 Å². The standard InChI is InChI=1S/C23H19N3O2/c1-16-7-9-17(10-8-16)13-19-14-20(21-6-2-3-12-26(19)21)22(27)23(28)25-18-5-4-11-24-15-18/h2-12,14-15H,13H2,1H3,(H,25,28). The number of pyridine rings is 2. The molecule has 0 spiro atoms. The van der Waals surface area contributed by atoms with Gasteiger partial charge in [0.1, 0.15) is 0 Å². The van der Waals surface area contributed by atoms with Crippen molar-refractivity contribution in [3.8, 4) is 0 Å². The lowest BCUT2D eigenvalue weighted by atomic mass is 10.1. The number of carbonyl (C=O) groups excluding carboxylic acids is 2. The number of Topliss-reactive ketones (excluding diaryl/α,β-unsaturated/α-hetero) is 1. The lowest BCUT2D eigenvalue weighted by Crippen LogP contribution is -2.22. The van der Waals surface area contributed by atoms with Crippen LogP contribution in [0.3, 0.4) is 0 Å². The zero-order chi connectivity index (χ0) is 19.5. The van der Waals surface area contributed by atoms with Crippen LogP contribution >= 0.6 is 0 Å². The van der Waals surface area contributed by atoms with Gasteiger partial charge in [-0.3, -0.25) is 14.6 Å². The maximum absolute atomic E-state index is 12.8. The Morgan fingerprint density at radius 3 is 2.61 bits per heavy atom. The number of anilines is 1. The second-order valence-corrected chi connectivity index (χ2v) is 6.69. The van der Waals surface area contributed by atoms with E-state index in [2.05, 4.69) is 34.6 Å². The van der Waals surface area contributed by atoms with Crippen LogP contribution < -0.4 is 5.32 Å². The molecular formula is C23H19N3O2. The second-order valence-electron chi connectivity index (χ2n) is 6.69. The average Bonchev–Trinajstić information content (AvgIpc) is 3.08. The van der Waals surface area contributed by atoms with Crippen molar-refractivity contribution in [2.24, 2.45) is 0 Å². The van der Waals surface area contributed by atoms with Crippen LogP contribution in [0.1, 0.15) is 27.2 Å². The van der Waals surface area contributed by atoms with Crippen molar-refractivity contribution in [3.63, 3.8) is 0 Å². The minimum atomic E-state index is -0.675. The number of amides is 1. The highest BCUT2D eigenvalue weighted by molar-refractivity contribution is 6.47. The zero-order valence-corrected chi connectivity index (χ0v) is 15.4. The molecule has 5 heteroatoms. The number of carbonyl (C=O) groups is 2. The zero-order valence-electron chi connectivity index (χ0n) is 15.4. The summed E-state index contributed by atoms with van der Waals surface area (Å²) in [7, 11) is 0. The number of aromatic nitrogens is 2. The number of fused-ring (bicyclic) bond motifs is 1. The molecule has 0 bridgehead atoms. The van der Waals surface area contributed by atoms with E-state index >= 15 is 0 Å². The molecule has 0 fully saturated rings. The largest absolute Gasteiger partial charge is 0.320 e. The van der Waals surface area contributed by atoms with Crippen molar-refractivity contribution >= 4 is 22.9 Å². The van der Waals surface area contributed by atoms with E-state index in [1.165, 1.54) is 11.8 Å². The van der Waals surface area contributed by atoms with Gasteiger partial charge in [-0.2, -0.15) is 0 Å². The molecule has 1 aromatic carbocycles. The highest BCUT2D eigenvalue weighted by Crippen LogP contribution is 2.21. The Hall–Kier alpha value is -3.73. The lowest BCUT2D eigenvalue weighted by molar-refractivity contribution is -0.112. The molecule has 3 heterocycles. The Bertz CT molecular complexity index is 1150. The van der Waals surface area contributed by atoms with E-state index in [1.807, 2.05) is 35.7 Å². The van der Waals surface area contributed by atoms with Crippen LogP contribution in [0.2, 0.25) is 0 Å². The SMILES string of the molecule is Cc1ccc(Cc2cc(C(=O)C(=O)Nc3cccnc3)c3ccccn23)cc1. The minimum absolute atomic E-state index is 0.393. The van der Waals surface area contributed by atoms with Gasteiger partial charge in [-0.05, 0) is 42.8 Å². The van der Waals surface area contributed by atoms with Gasteiger partial charge >= 0.3 is 0 Å².